The van der Waals surface area contributed by atoms with E-state index in [0.29, 0.717) is 12.1 Å². The van der Waals surface area contributed by atoms with Crippen LogP contribution in [-0.4, -0.2) is 41.6 Å². The summed E-state index contributed by atoms with van der Waals surface area (Å²) in [5.74, 6) is -4.69. The first-order valence-corrected chi connectivity index (χ1v) is 8.71. The molecule has 1 saturated heterocycles. The Bertz CT molecular complexity index is 878. The molecule has 0 spiro atoms. The quantitative estimate of drug-likeness (QED) is 0.593. The molecule has 0 N–H and O–H groups in total. The Morgan fingerprint density at radius 1 is 1.07 bits per heavy atom. The minimum absolute atomic E-state index is 0.0728. The van der Waals surface area contributed by atoms with Crippen molar-refractivity contribution < 1.29 is 22.8 Å². The standard InChI is InChI=1S/C20H19F3N2O2/c1-25-7-5-12(6-8-25)20(27)18-4-2-3-13(24-18)9-19(26)14-10-16(22)17(23)11-15(14)21/h2-4,10-12H,5-9H2,1H3. The lowest BCUT2D eigenvalue weighted by molar-refractivity contribution is 0.0850. The number of halogens is 3. The van der Waals surface area contributed by atoms with Crippen molar-refractivity contribution in [3.8, 4) is 0 Å². The molecule has 0 bridgehead atoms. The van der Waals surface area contributed by atoms with E-state index in [0.717, 1.165) is 25.9 Å². The molecule has 1 aliphatic heterocycles. The van der Waals surface area contributed by atoms with Gasteiger partial charge in [0.1, 0.15) is 11.5 Å². The Hall–Kier alpha value is -2.54. The average Bonchev–Trinajstić information content (AvgIpc) is 2.65. The number of carbonyl (C=O) groups is 2. The van der Waals surface area contributed by atoms with Gasteiger partial charge < -0.3 is 4.90 Å². The van der Waals surface area contributed by atoms with Crippen LogP contribution in [0.5, 0.6) is 0 Å². The van der Waals surface area contributed by atoms with Crippen LogP contribution in [-0.2, 0) is 6.42 Å². The van der Waals surface area contributed by atoms with E-state index >= 15 is 0 Å². The molecule has 0 radical (unpaired) electrons. The number of benzene rings is 1. The smallest absolute Gasteiger partial charge is 0.184 e. The number of ketones is 2. The molecule has 2 aromatic rings. The van der Waals surface area contributed by atoms with Crippen molar-refractivity contribution >= 4 is 11.6 Å². The number of likely N-dealkylation sites (tertiary alicyclic amines) is 1. The maximum Gasteiger partial charge on any atom is 0.184 e. The molecule has 27 heavy (non-hydrogen) atoms. The Morgan fingerprint density at radius 3 is 2.44 bits per heavy atom. The molecule has 2 heterocycles. The molecule has 1 fully saturated rings. The van der Waals surface area contributed by atoms with E-state index in [1.54, 1.807) is 18.2 Å². The van der Waals surface area contributed by atoms with Crippen LogP contribution < -0.4 is 0 Å². The van der Waals surface area contributed by atoms with Crippen LogP contribution in [0.3, 0.4) is 0 Å². The number of piperidine rings is 1. The Labute approximate surface area is 155 Å². The molecule has 0 atom stereocenters. The Balaban J connectivity index is 1.75. The molecule has 142 valence electrons. The van der Waals surface area contributed by atoms with Crippen molar-refractivity contribution in [1.82, 2.24) is 9.88 Å². The van der Waals surface area contributed by atoms with Crippen LogP contribution in [0.15, 0.2) is 30.3 Å². The highest BCUT2D eigenvalue weighted by molar-refractivity contribution is 5.98. The van der Waals surface area contributed by atoms with Crippen LogP contribution in [0.1, 0.15) is 39.4 Å². The van der Waals surface area contributed by atoms with E-state index in [1.165, 1.54) is 0 Å². The highest BCUT2D eigenvalue weighted by atomic mass is 19.2. The second kappa shape index (κ2) is 8.00. The monoisotopic (exact) mass is 376 g/mol. The molecule has 0 amide bonds. The van der Waals surface area contributed by atoms with Crippen molar-refractivity contribution in [2.75, 3.05) is 20.1 Å². The zero-order valence-electron chi connectivity index (χ0n) is 14.8. The summed E-state index contributed by atoms with van der Waals surface area (Å²) < 4.78 is 40.1. The predicted octanol–water partition coefficient (Wildman–Crippen LogP) is 3.45. The normalized spacial score (nSPS) is 15.7. The van der Waals surface area contributed by atoms with Gasteiger partial charge in [-0.1, -0.05) is 6.07 Å². The van der Waals surface area contributed by atoms with Crippen LogP contribution in [0.4, 0.5) is 13.2 Å². The average molecular weight is 376 g/mol. The maximum absolute atomic E-state index is 13.8. The molecule has 1 aromatic carbocycles. The first-order valence-electron chi connectivity index (χ1n) is 8.71. The fourth-order valence-corrected chi connectivity index (χ4v) is 3.19. The second-order valence-electron chi connectivity index (χ2n) is 6.80. The molecule has 3 rings (SSSR count). The van der Waals surface area contributed by atoms with E-state index < -0.39 is 28.8 Å². The zero-order valence-corrected chi connectivity index (χ0v) is 14.8. The van der Waals surface area contributed by atoms with Crippen molar-refractivity contribution in [3.63, 3.8) is 0 Å². The van der Waals surface area contributed by atoms with Crippen LogP contribution >= 0.6 is 0 Å². The Kier molecular flexibility index (Phi) is 5.70. The number of pyridine rings is 1. The number of hydrogen-bond donors (Lipinski definition) is 0. The van der Waals surface area contributed by atoms with Gasteiger partial charge in [0.2, 0.25) is 0 Å². The summed E-state index contributed by atoms with van der Waals surface area (Å²) >= 11 is 0. The molecule has 1 aliphatic rings. The topological polar surface area (TPSA) is 50.3 Å². The van der Waals surface area contributed by atoms with E-state index in [9.17, 15) is 22.8 Å². The number of aromatic nitrogens is 1. The lowest BCUT2D eigenvalue weighted by atomic mass is 9.91. The van der Waals surface area contributed by atoms with Crippen LogP contribution in [0, 0.1) is 23.4 Å². The molecular weight excluding hydrogens is 357 g/mol. The highest BCUT2D eigenvalue weighted by Crippen LogP contribution is 2.21. The number of hydrogen-bond acceptors (Lipinski definition) is 4. The minimum atomic E-state index is -1.35. The number of Topliss-reactive ketones (excluding diaryl/α,β-unsaturated/α-hetero) is 2. The highest BCUT2D eigenvalue weighted by Gasteiger charge is 2.25. The van der Waals surface area contributed by atoms with Gasteiger partial charge in [-0.25, -0.2) is 18.2 Å². The van der Waals surface area contributed by atoms with Crippen LogP contribution in [0.25, 0.3) is 0 Å². The SMILES string of the molecule is CN1CCC(C(=O)c2cccc(CC(=O)c3cc(F)c(F)cc3F)n2)CC1. The van der Waals surface area contributed by atoms with Crippen molar-refractivity contribution in [2.45, 2.75) is 19.3 Å². The van der Waals surface area contributed by atoms with Gasteiger partial charge in [-0.05, 0) is 51.2 Å². The molecule has 0 saturated carbocycles. The third-order valence-corrected chi connectivity index (χ3v) is 4.80. The van der Waals surface area contributed by atoms with E-state index in [4.69, 9.17) is 0 Å². The van der Waals surface area contributed by atoms with E-state index in [2.05, 4.69) is 9.88 Å². The van der Waals surface area contributed by atoms with Gasteiger partial charge in [0.25, 0.3) is 0 Å². The van der Waals surface area contributed by atoms with E-state index in [-0.39, 0.29) is 29.5 Å². The second-order valence-corrected chi connectivity index (χ2v) is 6.80. The fraction of sp³-hybridized carbons (Fsp3) is 0.350. The summed E-state index contributed by atoms with van der Waals surface area (Å²) in [4.78, 5) is 31.3. The van der Waals surface area contributed by atoms with Crippen molar-refractivity contribution in [3.05, 3.63) is 64.7 Å². The summed E-state index contributed by atoms with van der Waals surface area (Å²) in [7, 11) is 2.00. The minimum Gasteiger partial charge on any atom is -0.306 e. The van der Waals surface area contributed by atoms with Gasteiger partial charge in [-0.2, -0.15) is 0 Å². The van der Waals surface area contributed by atoms with Gasteiger partial charge in [0, 0.05) is 17.7 Å². The predicted molar refractivity (Wildman–Crippen MR) is 93.1 cm³/mol. The third-order valence-electron chi connectivity index (χ3n) is 4.80. The largest absolute Gasteiger partial charge is 0.306 e. The van der Waals surface area contributed by atoms with Crippen LogP contribution in [0.2, 0.25) is 0 Å². The molecule has 1 aromatic heterocycles. The molecule has 4 nitrogen and oxygen atoms in total. The first kappa shape index (κ1) is 19.2. The van der Waals surface area contributed by atoms with Gasteiger partial charge in [0.15, 0.2) is 23.2 Å². The van der Waals surface area contributed by atoms with E-state index in [1.807, 2.05) is 7.05 Å². The van der Waals surface area contributed by atoms with Crippen molar-refractivity contribution in [1.29, 1.82) is 0 Å². The lowest BCUT2D eigenvalue weighted by Crippen LogP contribution is -2.33. The summed E-state index contributed by atoms with van der Waals surface area (Å²) in [6.07, 6.45) is 1.19. The third kappa shape index (κ3) is 4.42. The first-order chi connectivity index (χ1) is 12.8. The summed E-state index contributed by atoms with van der Waals surface area (Å²) in [5.41, 5.74) is 0.00581. The van der Waals surface area contributed by atoms with Gasteiger partial charge in [0.05, 0.1) is 12.0 Å². The molecular formula is C20H19F3N2O2. The van der Waals surface area contributed by atoms with Gasteiger partial charge in [-0.15, -0.1) is 0 Å². The Morgan fingerprint density at radius 2 is 1.74 bits per heavy atom. The van der Waals surface area contributed by atoms with Gasteiger partial charge >= 0.3 is 0 Å². The summed E-state index contributed by atoms with van der Waals surface area (Å²) in [6, 6.07) is 5.63. The maximum atomic E-state index is 13.8. The number of nitrogens with zero attached hydrogens (tertiary/aromatic N) is 2. The molecule has 0 aliphatic carbocycles. The number of carbonyl (C=O) groups excluding carboxylic acids is 2. The lowest BCUT2D eigenvalue weighted by Gasteiger charge is -2.27. The fourth-order valence-electron chi connectivity index (χ4n) is 3.19. The molecule has 0 unspecified atom stereocenters. The molecule has 7 heteroatoms. The van der Waals surface area contributed by atoms with Crippen molar-refractivity contribution in [2.24, 2.45) is 5.92 Å². The van der Waals surface area contributed by atoms with Gasteiger partial charge in [-0.3, -0.25) is 9.59 Å². The summed E-state index contributed by atoms with van der Waals surface area (Å²) in [6.45, 7) is 1.67. The summed E-state index contributed by atoms with van der Waals surface area (Å²) in [5, 5.41) is 0. The zero-order chi connectivity index (χ0) is 19.6. The number of rotatable bonds is 5.